The monoisotopic (exact) mass is 943 g/mol. The Balaban J connectivity index is 0.000000222. The summed E-state index contributed by atoms with van der Waals surface area (Å²) < 4.78 is 130. The van der Waals surface area contributed by atoms with Crippen LogP contribution in [-0.4, -0.2) is 28.9 Å². The van der Waals surface area contributed by atoms with Crippen molar-refractivity contribution in [1.29, 1.82) is 0 Å². The molecule has 7 aromatic rings. The quantitative estimate of drug-likeness (QED) is 0.0803. The van der Waals surface area contributed by atoms with Gasteiger partial charge in [-0.15, -0.1) is 0 Å². The minimum absolute atomic E-state index is 0.154. The molecule has 0 amide bonds. The van der Waals surface area contributed by atoms with Crippen molar-refractivity contribution in [2.45, 2.75) is 41.5 Å². The van der Waals surface area contributed by atoms with E-state index < -0.39 is 69.7 Å². The molecule has 0 saturated heterocycles. The minimum atomic E-state index is -2.29. The van der Waals surface area contributed by atoms with E-state index >= 15 is 0 Å². The van der Waals surface area contributed by atoms with Crippen molar-refractivity contribution in [3.8, 4) is 22.9 Å². The number of aryl methyl sites for hydroxylation is 6. The second kappa shape index (κ2) is 20.9. The van der Waals surface area contributed by atoms with Crippen LogP contribution >= 0.6 is 0 Å². The molecule has 0 spiro atoms. The molecule has 0 fully saturated rings. The van der Waals surface area contributed by atoms with Crippen LogP contribution in [0.1, 0.15) is 38.9 Å². The second-order valence-electron chi connectivity index (χ2n) is 13.3. The summed E-state index contributed by atoms with van der Waals surface area (Å²) in [7, 11) is 0. The number of benzene rings is 5. The van der Waals surface area contributed by atoms with Gasteiger partial charge in [0, 0.05) is 12.4 Å². The molecule has 2 N–H and O–H groups in total. The Labute approximate surface area is 351 Å². The Morgan fingerprint density at radius 2 is 0.770 bits per heavy atom. The molecule has 0 atom stereocenters. The van der Waals surface area contributed by atoms with Crippen molar-refractivity contribution in [3.63, 3.8) is 0 Å². The van der Waals surface area contributed by atoms with Gasteiger partial charge in [-0.2, -0.15) is 17.6 Å². The fraction of sp³-hybridized carbons (Fsp3) is 0.133. The summed E-state index contributed by atoms with van der Waals surface area (Å²) in [5.41, 5.74) is 11.8. The van der Waals surface area contributed by atoms with Crippen LogP contribution in [-0.2, 0) is 16.2 Å². The Bertz CT molecular complexity index is 2360. The molecule has 5 aromatic carbocycles. The topological polar surface area (TPSA) is 63.2 Å². The number of imidazole rings is 1. The Kier molecular flexibility index (Phi) is 16.3. The van der Waals surface area contributed by atoms with Crippen LogP contribution in [0.4, 0.5) is 43.9 Å². The predicted molar refractivity (Wildman–Crippen MR) is 208 cm³/mol. The van der Waals surface area contributed by atoms with Gasteiger partial charge in [0.1, 0.15) is 0 Å². The third kappa shape index (κ3) is 11.2. The standard InChI is InChI=1S/C21H24N2.C7H6.2C6HF5O.C5H5N.Ru/c1-14-9-16(3)20(17(4)10-14)22-7-8-23(13-22)21-18(5)11-15(2)12-19(21)6;1-7-5-3-2-4-6-7;2*7-1-2(8)4(10)6(12)5(11)3(1)9;1-2-4-6-5-3-1;/h7-12H,1-6H3;1-6H;2*12H;1-5H;. The number of nitrogens with zero attached hydrogens (tertiary/aromatic N) is 3. The van der Waals surface area contributed by atoms with E-state index in [2.05, 4.69) is 127 Å². The van der Waals surface area contributed by atoms with Crippen molar-refractivity contribution in [2.75, 3.05) is 0 Å². The van der Waals surface area contributed by atoms with Crippen molar-refractivity contribution in [3.05, 3.63) is 199 Å². The fourth-order valence-corrected chi connectivity index (χ4v) is 8.00. The largest absolute Gasteiger partial charge is 0.503 e. The number of halogens is 10. The van der Waals surface area contributed by atoms with E-state index in [4.69, 9.17) is 10.2 Å². The van der Waals surface area contributed by atoms with Gasteiger partial charge in [0.2, 0.25) is 58.2 Å². The van der Waals surface area contributed by atoms with Crippen LogP contribution in [0.25, 0.3) is 11.4 Å². The van der Waals surface area contributed by atoms with Gasteiger partial charge in [-0.3, -0.25) is 4.98 Å². The number of phenols is 2. The number of aromatic nitrogens is 3. The first-order valence-electron chi connectivity index (χ1n) is 17.8. The third-order valence-electron chi connectivity index (χ3n) is 8.50. The van der Waals surface area contributed by atoms with Gasteiger partial charge in [-0.05, 0) is 12.1 Å². The van der Waals surface area contributed by atoms with Crippen LogP contribution < -0.4 is 0 Å². The predicted octanol–water partition coefficient (Wildman–Crippen LogP) is 11.8. The number of aromatic hydroxyl groups is 2. The molecule has 0 unspecified atom stereocenters. The van der Waals surface area contributed by atoms with E-state index in [-0.39, 0.29) is 16.2 Å². The fourth-order valence-electron chi connectivity index (χ4n) is 6.02. The maximum Gasteiger partial charge on any atom is 0.206 e. The van der Waals surface area contributed by atoms with E-state index in [1.807, 2.05) is 18.2 Å². The Morgan fingerprint density at radius 1 is 0.459 bits per heavy atom. The van der Waals surface area contributed by atoms with E-state index in [1.54, 1.807) is 12.4 Å². The molecular weight excluding hydrogens is 906 g/mol. The van der Waals surface area contributed by atoms with Crippen molar-refractivity contribution >= 4 is 4.61 Å². The van der Waals surface area contributed by atoms with E-state index in [0.717, 1.165) is 0 Å². The summed E-state index contributed by atoms with van der Waals surface area (Å²) in [6.45, 7) is 13.3. The van der Waals surface area contributed by atoms with Gasteiger partial charge < -0.3 is 10.2 Å². The minimum Gasteiger partial charge on any atom is -0.503 e. The third-order valence-corrected chi connectivity index (χ3v) is 10.6. The van der Waals surface area contributed by atoms with Gasteiger partial charge in [-0.25, -0.2) is 26.3 Å². The van der Waals surface area contributed by atoms with E-state index in [0.29, 0.717) is 0 Å². The van der Waals surface area contributed by atoms with Gasteiger partial charge in [0.15, 0.2) is 11.5 Å². The van der Waals surface area contributed by atoms with Crippen molar-refractivity contribution in [2.24, 2.45) is 0 Å². The molecule has 0 radical (unpaired) electrons. The summed E-state index contributed by atoms with van der Waals surface area (Å²) in [6.07, 6.45) is 7.98. The molecule has 0 aliphatic heterocycles. The molecule has 16 heteroatoms. The normalized spacial score (nSPS) is 10.5. The second-order valence-corrected chi connectivity index (χ2v) is 15.0. The summed E-state index contributed by atoms with van der Waals surface area (Å²) >= 11 is -0.154. The molecule has 0 saturated carbocycles. The van der Waals surface area contributed by atoms with E-state index in [1.165, 1.54) is 54.3 Å². The first-order valence-corrected chi connectivity index (χ1v) is 19.7. The molecule has 0 bridgehead atoms. The van der Waals surface area contributed by atoms with Crippen LogP contribution in [0.15, 0.2) is 97.6 Å². The molecule has 0 aliphatic carbocycles. The zero-order chi connectivity index (χ0) is 45.3. The van der Waals surface area contributed by atoms with Gasteiger partial charge in [0.05, 0.1) is 0 Å². The molecule has 61 heavy (non-hydrogen) atoms. The van der Waals surface area contributed by atoms with Gasteiger partial charge in [-0.1, -0.05) is 6.07 Å². The molecule has 322 valence electrons. The maximum atomic E-state index is 12.2. The Morgan fingerprint density at radius 3 is 1.07 bits per heavy atom. The average molecular weight is 943 g/mol. The SMILES string of the molecule is Cc1cc(C)c(-n2ccn(-c3c(C)cc(C)cc3C)[c]2=[Ru]=[CH]c2ccccc2)c(C)c1.Oc1c(F)c(F)c(F)c(F)c1F.Oc1c(F)c(F)c(F)c(F)c1F.c1ccncc1. The zero-order valence-corrected chi connectivity index (χ0v) is 34.9. The van der Waals surface area contributed by atoms with Crippen molar-refractivity contribution in [1.82, 2.24) is 14.1 Å². The molecular formula is C45H37F10N3O2Ru. The summed E-state index contributed by atoms with van der Waals surface area (Å²) in [4.78, 5) is 3.78. The number of rotatable bonds is 3. The average Bonchev–Trinajstić information content (AvgIpc) is 3.64. The van der Waals surface area contributed by atoms with Crippen LogP contribution in [0.2, 0.25) is 0 Å². The number of pyridine rings is 1. The van der Waals surface area contributed by atoms with Crippen LogP contribution in [0.3, 0.4) is 0 Å². The Hall–Kier alpha value is -6.15. The summed E-state index contributed by atoms with van der Waals surface area (Å²) in [5, 5.41) is 16.6. The molecule has 2 heterocycles. The molecule has 5 nitrogen and oxygen atoms in total. The summed E-state index contributed by atoms with van der Waals surface area (Å²) in [5.74, 6) is -25.9. The zero-order valence-electron chi connectivity index (χ0n) is 33.2. The first kappa shape index (κ1) is 47.5. The van der Waals surface area contributed by atoms with Crippen LogP contribution in [0, 0.1) is 104 Å². The molecule has 0 aliphatic rings. The molecule has 7 rings (SSSR count). The maximum absolute atomic E-state index is 12.2. The number of hydrogen-bond donors (Lipinski definition) is 2. The van der Waals surface area contributed by atoms with E-state index in [9.17, 15) is 43.9 Å². The van der Waals surface area contributed by atoms with Gasteiger partial charge in [0.25, 0.3) is 0 Å². The number of hydrogen-bond acceptors (Lipinski definition) is 3. The molecule has 2 aromatic heterocycles. The smallest absolute Gasteiger partial charge is 0.206 e. The first-order chi connectivity index (χ1) is 28.8. The summed E-state index contributed by atoms with van der Waals surface area (Å²) in [6, 6.07) is 25.6. The van der Waals surface area contributed by atoms with Gasteiger partial charge >= 0.3 is 193 Å². The van der Waals surface area contributed by atoms with Crippen molar-refractivity contribution < 1.29 is 70.3 Å². The van der Waals surface area contributed by atoms with Crippen LogP contribution in [0.5, 0.6) is 11.5 Å². The number of phenolic OH excluding ortho intramolecular Hbond substituents is 2.